The van der Waals surface area contributed by atoms with Gasteiger partial charge in [0.05, 0.1) is 5.69 Å². The number of benzene rings is 2. The van der Waals surface area contributed by atoms with E-state index in [9.17, 15) is 9.59 Å². The number of amides is 2. The number of aryl methyl sites for hydroxylation is 1. The van der Waals surface area contributed by atoms with E-state index in [4.69, 9.17) is 32.7 Å². The molecular weight excluding hydrogens is 453 g/mol. The Kier molecular flexibility index (Phi) is 8.14. The van der Waals surface area contributed by atoms with Crippen molar-refractivity contribution in [2.24, 2.45) is 0 Å². The van der Waals surface area contributed by atoms with Gasteiger partial charge in [0, 0.05) is 27.7 Å². The fourth-order valence-electron chi connectivity index (χ4n) is 3.36. The maximum Gasteiger partial charge on any atom is 0.422 e. The molecule has 0 bridgehead atoms. The molecule has 0 atom stereocenters. The number of alkyl carbamates (subject to hydrolysis) is 1. The third kappa shape index (κ3) is 6.24. The molecule has 1 N–H and O–H groups in total. The molecule has 1 aromatic heterocycles. The summed E-state index contributed by atoms with van der Waals surface area (Å²) in [6, 6.07) is 13.8. The van der Waals surface area contributed by atoms with Crippen LogP contribution in [0.3, 0.4) is 0 Å². The van der Waals surface area contributed by atoms with Crippen LogP contribution in [0.2, 0.25) is 10.0 Å². The maximum atomic E-state index is 12.0. The Morgan fingerprint density at radius 2 is 1.69 bits per heavy atom. The van der Waals surface area contributed by atoms with Crippen molar-refractivity contribution in [2.75, 3.05) is 0 Å². The number of carbonyl (C=O) groups is 2. The zero-order chi connectivity index (χ0) is 23.1. The standard InChI is InChI=1S/C23H23Cl2N3O4/c1-3-20-19(12-15-10-16(24)13-17(25)11-15)21(4-2)28(27-20)14-31-22(29)26-23(30)32-18-8-6-5-7-9-18/h5-11,13H,3-4,12,14H2,1-2H3,(H,26,29,30). The summed E-state index contributed by atoms with van der Waals surface area (Å²) in [4.78, 5) is 23.9. The Morgan fingerprint density at radius 1 is 1.00 bits per heavy atom. The second-order valence-corrected chi connectivity index (χ2v) is 7.79. The highest BCUT2D eigenvalue weighted by molar-refractivity contribution is 6.34. The lowest BCUT2D eigenvalue weighted by Crippen LogP contribution is -2.34. The molecular formula is C23H23Cl2N3O4. The first-order valence-corrected chi connectivity index (χ1v) is 10.9. The molecule has 7 nitrogen and oxygen atoms in total. The van der Waals surface area contributed by atoms with Gasteiger partial charge in [-0.25, -0.2) is 19.6 Å². The zero-order valence-corrected chi connectivity index (χ0v) is 19.2. The largest absolute Gasteiger partial charge is 0.426 e. The monoisotopic (exact) mass is 475 g/mol. The van der Waals surface area contributed by atoms with E-state index in [0.717, 1.165) is 22.5 Å². The minimum Gasteiger partial charge on any atom is -0.426 e. The molecule has 0 saturated carbocycles. The van der Waals surface area contributed by atoms with Gasteiger partial charge in [-0.3, -0.25) is 0 Å². The summed E-state index contributed by atoms with van der Waals surface area (Å²) in [5.41, 5.74) is 3.83. The Bertz CT molecular complexity index is 1080. The lowest BCUT2D eigenvalue weighted by molar-refractivity contribution is 0.105. The van der Waals surface area contributed by atoms with Crippen molar-refractivity contribution < 1.29 is 19.1 Å². The molecule has 0 aliphatic rings. The Balaban J connectivity index is 1.67. The lowest BCUT2D eigenvalue weighted by atomic mass is 10.0. The molecule has 3 aromatic rings. The minimum atomic E-state index is -0.926. The summed E-state index contributed by atoms with van der Waals surface area (Å²) in [6.45, 7) is 3.86. The van der Waals surface area contributed by atoms with Crippen LogP contribution in [0.25, 0.3) is 0 Å². The molecule has 168 valence electrons. The second-order valence-electron chi connectivity index (χ2n) is 6.92. The van der Waals surface area contributed by atoms with E-state index in [0.29, 0.717) is 35.1 Å². The molecule has 3 rings (SSSR count). The molecule has 32 heavy (non-hydrogen) atoms. The van der Waals surface area contributed by atoms with Crippen molar-refractivity contribution in [2.45, 2.75) is 39.8 Å². The van der Waals surface area contributed by atoms with E-state index in [2.05, 4.69) is 5.10 Å². The molecule has 0 saturated heterocycles. The van der Waals surface area contributed by atoms with Gasteiger partial charge in [0.2, 0.25) is 0 Å². The molecule has 0 unspecified atom stereocenters. The number of hydrogen-bond donors (Lipinski definition) is 1. The fourth-order valence-corrected chi connectivity index (χ4v) is 3.93. The SMILES string of the molecule is CCc1nn(COC(=O)NC(=O)Oc2ccccc2)c(CC)c1Cc1cc(Cl)cc(Cl)c1. The number of hydrogen-bond acceptors (Lipinski definition) is 5. The van der Waals surface area contributed by atoms with Crippen LogP contribution in [0.15, 0.2) is 48.5 Å². The van der Waals surface area contributed by atoms with Gasteiger partial charge in [-0.1, -0.05) is 55.2 Å². The van der Waals surface area contributed by atoms with Gasteiger partial charge in [-0.05, 0) is 48.7 Å². The smallest absolute Gasteiger partial charge is 0.422 e. The molecule has 1 heterocycles. The summed E-state index contributed by atoms with van der Waals surface area (Å²) < 4.78 is 11.8. The lowest BCUT2D eigenvalue weighted by Gasteiger charge is -2.10. The van der Waals surface area contributed by atoms with Gasteiger partial charge in [-0.15, -0.1) is 0 Å². The Labute approximate surface area is 196 Å². The highest BCUT2D eigenvalue weighted by Gasteiger charge is 2.18. The van der Waals surface area contributed by atoms with Crippen LogP contribution in [-0.2, 0) is 30.7 Å². The van der Waals surface area contributed by atoms with Crippen LogP contribution >= 0.6 is 23.2 Å². The van der Waals surface area contributed by atoms with Gasteiger partial charge in [-0.2, -0.15) is 5.10 Å². The van der Waals surface area contributed by atoms with Gasteiger partial charge < -0.3 is 9.47 Å². The van der Waals surface area contributed by atoms with E-state index in [1.807, 2.05) is 31.3 Å². The summed E-state index contributed by atoms with van der Waals surface area (Å²) >= 11 is 12.3. The molecule has 2 amide bonds. The van der Waals surface area contributed by atoms with Crippen molar-refractivity contribution in [3.05, 3.63) is 81.1 Å². The average molecular weight is 476 g/mol. The Hall–Kier alpha value is -3.03. The number of carbonyl (C=O) groups excluding carboxylic acids is 2. The van der Waals surface area contributed by atoms with E-state index in [-0.39, 0.29) is 6.73 Å². The number of nitrogens with one attached hydrogen (secondary N) is 1. The summed E-state index contributed by atoms with van der Waals surface area (Å²) in [5, 5.41) is 7.76. The third-order valence-electron chi connectivity index (χ3n) is 4.70. The van der Waals surface area contributed by atoms with E-state index < -0.39 is 12.2 Å². The van der Waals surface area contributed by atoms with Gasteiger partial charge >= 0.3 is 12.2 Å². The maximum absolute atomic E-state index is 12.0. The predicted molar refractivity (Wildman–Crippen MR) is 122 cm³/mol. The van der Waals surface area contributed by atoms with Crippen LogP contribution in [0, 0.1) is 0 Å². The topological polar surface area (TPSA) is 82.5 Å². The number of imide groups is 1. The van der Waals surface area contributed by atoms with Crippen LogP contribution in [0.5, 0.6) is 5.75 Å². The molecule has 9 heteroatoms. The van der Waals surface area contributed by atoms with Crippen molar-refractivity contribution in [1.82, 2.24) is 15.1 Å². The third-order valence-corrected chi connectivity index (χ3v) is 5.13. The van der Waals surface area contributed by atoms with Crippen LogP contribution in [0.1, 0.15) is 36.4 Å². The Morgan fingerprint density at radius 3 is 2.31 bits per heavy atom. The van der Waals surface area contributed by atoms with Gasteiger partial charge in [0.15, 0.2) is 6.73 Å². The number of halogens is 2. The molecule has 0 spiro atoms. The molecule has 0 aliphatic carbocycles. The van der Waals surface area contributed by atoms with Crippen LogP contribution in [0.4, 0.5) is 9.59 Å². The number of para-hydroxylation sites is 1. The molecule has 0 radical (unpaired) electrons. The summed E-state index contributed by atoms with van der Waals surface area (Å²) in [7, 11) is 0. The molecule has 2 aromatic carbocycles. The number of ether oxygens (including phenoxy) is 2. The van der Waals surface area contributed by atoms with Crippen molar-refractivity contribution in [3.63, 3.8) is 0 Å². The van der Waals surface area contributed by atoms with E-state index in [1.165, 1.54) is 0 Å². The second kappa shape index (κ2) is 11.0. The van der Waals surface area contributed by atoms with Gasteiger partial charge in [0.25, 0.3) is 0 Å². The van der Waals surface area contributed by atoms with Crippen molar-refractivity contribution in [1.29, 1.82) is 0 Å². The first-order valence-electron chi connectivity index (χ1n) is 10.1. The van der Waals surface area contributed by atoms with Crippen LogP contribution in [-0.4, -0.2) is 22.0 Å². The minimum absolute atomic E-state index is 0.142. The summed E-state index contributed by atoms with van der Waals surface area (Å²) in [6.07, 6.45) is 0.133. The highest BCUT2D eigenvalue weighted by Crippen LogP contribution is 2.25. The number of rotatable bonds is 7. The average Bonchev–Trinajstić information content (AvgIpc) is 3.08. The molecule has 0 aliphatic heterocycles. The number of nitrogens with zero attached hydrogens (tertiary/aromatic N) is 2. The first-order chi connectivity index (χ1) is 15.4. The van der Waals surface area contributed by atoms with E-state index >= 15 is 0 Å². The van der Waals surface area contributed by atoms with Crippen molar-refractivity contribution >= 4 is 35.4 Å². The van der Waals surface area contributed by atoms with Gasteiger partial charge in [0.1, 0.15) is 5.75 Å². The highest BCUT2D eigenvalue weighted by atomic mass is 35.5. The quantitative estimate of drug-likeness (QED) is 0.467. The van der Waals surface area contributed by atoms with Crippen molar-refractivity contribution in [3.8, 4) is 5.75 Å². The predicted octanol–water partition coefficient (Wildman–Crippen LogP) is 5.79. The zero-order valence-electron chi connectivity index (χ0n) is 17.7. The normalized spacial score (nSPS) is 10.6. The number of aromatic nitrogens is 2. The fraction of sp³-hybridized carbons (Fsp3) is 0.261. The van der Waals surface area contributed by atoms with Crippen LogP contribution < -0.4 is 10.1 Å². The van der Waals surface area contributed by atoms with E-state index in [1.54, 1.807) is 41.1 Å². The first kappa shape index (κ1) is 23.6. The summed E-state index contributed by atoms with van der Waals surface area (Å²) in [5.74, 6) is 0.316. The molecule has 0 fully saturated rings.